The summed E-state index contributed by atoms with van der Waals surface area (Å²) in [5.74, 6) is -0.481. The van der Waals surface area contributed by atoms with Gasteiger partial charge in [-0.25, -0.2) is 21.8 Å². The minimum absolute atomic E-state index is 0.0176. The molecule has 1 aromatic heterocycles. The van der Waals surface area contributed by atoms with Crippen molar-refractivity contribution in [1.82, 2.24) is 4.98 Å². The van der Waals surface area contributed by atoms with Crippen molar-refractivity contribution in [3.05, 3.63) is 54.2 Å². The summed E-state index contributed by atoms with van der Waals surface area (Å²) < 4.78 is 48.1. The first kappa shape index (κ1) is 17.6. The number of rotatable bonds is 4. The molecule has 1 unspecified atom stereocenters. The highest BCUT2D eigenvalue weighted by atomic mass is 32.2. The molecule has 3 rings (SSSR count). The fourth-order valence-corrected chi connectivity index (χ4v) is 6.98. The third kappa shape index (κ3) is 3.88. The van der Waals surface area contributed by atoms with Gasteiger partial charge >= 0.3 is 0 Å². The summed E-state index contributed by atoms with van der Waals surface area (Å²) in [7, 11) is -7.03. The van der Waals surface area contributed by atoms with Crippen LogP contribution in [-0.4, -0.2) is 44.5 Å². The SMILES string of the molecule is O=C(Nc1ccccn1)c1ccc(S(=O)(=O)C2CCS(=O)(=O)C2)cc1. The molecule has 2 aromatic rings. The lowest BCUT2D eigenvalue weighted by atomic mass is 10.2. The van der Waals surface area contributed by atoms with Crippen molar-refractivity contribution in [3.8, 4) is 0 Å². The lowest BCUT2D eigenvalue weighted by molar-refractivity contribution is 0.102. The quantitative estimate of drug-likeness (QED) is 0.856. The standard InChI is InChI=1S/C16H16N2O5S2/c19-16(18-15-3-1-2-9-17-15)12-4-6-13(7-5-12)25(22,23)14-8-10-24(20,21)11-14/h1-7,9,14H,8,10-11H2,(H,17,18,19). The Labute approximate surface area is 145 Å². The van der Waals surface area contributed by atoms with Crippen LogP contribution >= 0.6 is 0 Å². The van der Waals surface area contributed by atoms with Gasteiger partial charge < -0.3 is 5.32 Å². The first-order valence-corrected chi connectivity index (χ1v) is 10.9. The van der Waals surface area contributed by atoms with Gasteiger partial charge in [0.2, 0.25) is 0 Å². The van der Waals surface area contributed by atoms with Crippen LogP contribution in [0.25, 0.3) is 0 Å². The van der Waals surface area contributed by atoms with Gasteiger partial charge in [0, 0.05) is 11.8 Å². The summed E-state index contributed by atoms with van der Waals surface area (Å²) in [4.78, 5) is 16.1. The number of carbonyl (C=O) groups is 1. The zero-order chi connectivity index (χ0) is 18.1. The number of hydrogen-bond donors (Lipinski definition) is 1. The van der Waals surface area contributed by atoms with Crippen molar-refractivity contribution in [1.29, 1.82) is 0 Å². The molecule has 1 aliphatic heterocycles. The second-order valence-electron chi connectivity index (χ2n) is 5.76. The molecule has 9 heteroatoms. The Morgan fingerprint density at radius 3 is 2.40 bits per heavy atom. The van der Waals surface area contributed by atoms with Gasteiger partial charge in [-0.15, -0.1) is 0 Å². The van der Waals surface area contributed by atoms with Crippen LogP contribution in [0.2, 0.25) is 0 Å². The molecular formula is C16H16N2O5S2. The van der Waals surface area contributed by atoms with E-state index in [9.17, 15) is 21.6 Å². The molecular weight excluding hydrogens is 364 g/mol. The molecule has 0 radical (unpaired) electrons. The molecule has 0 spiro atoms. The molecule has 1 aliphatic rings. The number of benzene rings is 1. The van der Waals surface area contributed by atoms with E-state index in [4.69, 9.17) is 0 Å². The molecule has 1 aromatic carbocycles. The largest absolute Gasteiger partial charge is 0.307 e. The maximum absolute atomic E-state index is 12.5. The van der Waals surface area contributed by atoms with E-state index in [0.29, 0.717) is 5.82 Å². The topological polar surface area (TPSA) is 110 Å². The number of nitrogens with zero attached hydrogens (tertiary/aromatic N) is 1. The number of pyridine rings is 1. The first-order valence-electron chi connectivity index (χ1n) is 7.55. The average Bonchev–Trinajstić information content (AvgIpc) is 2.96. The molecule has 7 nitrogen and oxygen atoms in total. The summed E-state index contributed by atoms with van der Waals surface area (Å²) in [5, 5.41) is 1.68. The zero-order valence-corrected chi connectivity index (χ0v) is 14.8. The highest BCUT2D eigenvalue weighted by molar-refractivity contribution is 7.96. The Morgan fingerprint density at radius 1 is 1.12 bits per heavy atom. The second kappa shape index (κ2) is 6.57. The van der Waals surface area contributed by atoms with Crippen molar-refractivity contribution >= 4 is 31.4 Å². The second-order valence-corrected chi connectivity index (χ2v) is 10.2. The van der Waals surface area contributed by atoms with Crippen LogP contribution in [-0.2, 0) is 19.7 Å². The number of amides is 1. The Bertz CT molecular complexity index is 985. The lowest BCUT2D eigenvalue weighted by Crippen LogP contribution is -2.23. The molecule has 1 atom stereocenters. The number of carbonyl (C=O) groups excluding carboxylic acids is 1. The average molecular weight is 380 g/mol. The third-order valence-electron chi connectivity index (χ3n) is 3.98. The molecule has 1 saturated heterocycles. The number of anilines is 1. The Kier molecular flexibility index (Phi) is 4.61. The normalized spacial score (nSPS) is 19.4. The van der Waals surface area contributed by atoms with Gasteiger partial charge in [0.1, 0.15) is 5.82 Å². The molecule has 1 amide bonds. The van der Waals surface area contributed by atoms with E-state index in [1.54, 1.807) is 24.4 Å². The predicted molar refractivity (Wildman–Crippen MR) is 92.9 cm³/mol. The van der Waals surface area contributed by atoms with E-state index in [-0.39, 0.29) is 28.4 Å². The van der Waals surface area contributed by atoms with Gasteiger partial charge in [-0.2, -0.15) is 0 Å². The van der Waals surface area contributed by atoms with Crippen LogP contribution in [0.4, 0.5) is 5.82 Å². The van der Waals surface area contributed by atoms with Gasteiger partial charge in [-0.1, -0.05) is 6.07 Å². The number of aromatic nitrogens is 1. The molecule has 25 heavy (non-hydrogen) atoms. The minimum atomic E-state index is -3.73. The molecule has 132 valence electrons. The molecule has 0 saturated carbocycles. The highest BCUT2D eigenvalue weighted by Gasteiger charge is 2.37. The van der Waals surface area contributed by atoms with E-state index >= 15 is 0 Å². The number of hydrogen-bond acceptors (Lipinski definition) is 6. The Hall–Kier alpha value is -2.26. The fourth-order valence-electron chi connectivity index (χ4n) is 2.62. The van der Waals surface area contributed by atoms with Gasteiger partial charge in [0.05, 0.1) is 21.7 Å². The van der Waals surface area contributed by atoms with E-state index in [1.165, 1.54) is 24.3 Å². The molecule has 0 aliphatic carbocycles. The van der Waals surface area contributed by atoms with E-state index in [1.807, 2.05) is 0 Å². The van der Waals surface area contributed by atoms with Crippen molar-refractivity contribution in [2.24, 2.45) is 0 Å². The van der Waals surface area contributed by atoms with Crippen LogP contribution < -0.4 is 5.32 Å². The molecule has 1 fully saturated rings. The summed E-state index contributed by atoms with van der Waals surface area (Å²) in [6.07, 6.45) is 1.65. The van der Waals surface area contributed by atoms with Crippen LogP contribution in [0.15, 0.2) is 53.6 Å². The monoisotopic (exact) mass is 380 g/mol. The molecule has 1 N–H and O–H groups in total. The van der Waals surface area contributed by atoms with Gasteiger partial charge in [-0.3, -0.25) is 4.79 Å². The Balaban J connectivity index is 1.77. The maximum atomic E-state index is 12.5. The number of nitrogens with one attached hydrogen (secondary N) is 1. The minimum Gasteiger partial charge on any atom is -0.307 e. The summed E-state index contributed by atoms with van der Waals surface area (Å²) in [6.45, 7) is 0. The summed E-state index contributed by atoms with van der Waals surface area (Å²) in [5.41, 5.74) is 0.281. The van der Waals surface area contributed by atoms with Crippen LogP contribution in [0.3, 0.4) is 0 Å². The number of sulfone groups is 2. The van der Waals surface area contributed by atoms with Crippen molar-refractivity contribution in [2.45, 2.75) is 16.6 Å². The van der Waals surface area contributed by atoms with E-state index in [2.05, 4.69) is 10.3 Å². The zero-order valence-electron chi connectivity index (χ0n) is 13.1. The van der Waals surface area contributed by atoms with Crippen molar-refractivity contribution < 1.29 is 21.6 Å². The lowest BCUT2D eigenvalue weighted by Gasteiger charge is -2.10. The maximum Gasteiger partial charge on any atom is 0.256 e. The third-order valence-corrected chi connectivity index (χ3v) is 8.17. The molecule has 2 heterocycles. The van der Waals surface area contributed by atoms with Crippen LogP contribution in [0.1, 0.15) is 16.8 Å². The Morgan fingerprint density at radius 2 is 1.84 bits per heavy atom. The summed E-state index contributed by atoms with van der Waals surface area (Å²) in [6, 6.07) is 10.5. The van der Waals surface area contributed by atoms with Gasteiger partial charge in [0.15, 0.2) is 19.7 Å². The first-order chi connectivity index (χ1) is 11.8. The van der Waals surface area contributed by atoms with Gasteiger partial charge in [-0.05, 0) is 42.8 Å². The van der Waals surface area contributed by atoms with E-state index in [0.717, 1.165) is 0 Å². The molecule has 0 bridgehead atoms. The highest BCUT2D eigenvalue weighted by Crippen LogP contribution is 2.25. The van der Waals surface area contributed by atoms with Crippen molar-refractivity contribution in [2.75, 3.05) is 16.8 Å². The van der Waals surface area contributed by atoms with E-state index < -0.39 is 30.8 Å². The fraction of sp³-hybridized carbons (Fsp3) is 0.250. The predicted octanol–water partition coefficient (Wildman–Crippen LogP) is 1.29. The van der Waals surface area contributed by atoms with Crippen molar-refractivity contribution in [3.63, 3.8) is 0 Å². The summed E-state index contributed by atoms with van der Waals surface area (Å²) >= 11 is 0. The van der Waals surface area contributed by atoms with Crippen LogP contribution in [0.5, 0.6) is 0 Å². The van der Waals surface area contributed by atoms with Gasteiger partial charge in [0.25, 0.3) is 5.91 Å². The van der Waals surface area contributed by atoms with Crippen LogP contribution in [0, 0.1) is 0 Å². The smallest absolute Gasteiger partial charge is 0.256 e.